The quantitative estimate of drug-likeness (QED) is 0.627. The van der Waals surface area contributed by atoms with Crippen LogP contribution in [0.4, 0.5) is 5.82 Å². The average molecular weight is 239 g/mol. The van der Waals surface area contributed by atoms with E-state index in [1.807, 2.05) is 12.3 Å². The number of hydrogen-bond donors (Lipinski definition) is 1. The molecule has 1 aliphatic rings. The van der Waals surface area contributed by atoms with E-state index in [4.69, 9.17) is 5.11 Å². The van der Waals surface area contributed by atoms with Crippen molar-refractivity contribution in [1.82, 2.24) is 9.97 Å². The van der Waals surface area contributed by atoms with E-state index in [1.165, 1.54) is 0 Å². The molecule has 1 aromatic rings. The number of carboxylic acid groups (broad SMARTS) is 1. The summed E-state index contributed by atoms with van der Waals surface area (Å²) < 4.78 is 0. The Labute approximate surface area is 97.9 Å². The van der Waals surface area contributed by atoms with Crippen molar-refractivity contribution in [3.8, 4) is 0 Å². The third-order valence-corrected chi connectivity index (χ3v) is 3.22. The fourth-order valence-electron chi connectivity index (χ4n) is 1.75. The number of rotatable bonds is 4. The van der Waals surface area contributed by atoms with Gasteiger partial charge in [0.15, 0.2) is 0 Å². The molecule has 1 aliphatic heterocycles. The molecule has 0 aromatic carbocycles. The molecule has 1 fully saturated rings. The summed E-state index contributed by atoms with van der Waals surface area (Å²) in [6, 6.07) is 1.93. The smallest absolute Gasteiger partial charge is 0.303 e. The van der Waals surface area contributed by atoms with Crippen LogP contribution in [0.25, 0.3) is 0 Å². The Bertz CT molecular complexity index is 393. The van der Waals surface area contributed by atoms with Gasteiger partial charge in [-0.15, -0.1) is 11.8 Å². The molecule has 0 unspecified atom stereocenters. The number of thioether (sulfide) groups is 1. The molecule has 0 aliphatic carbocycles. The summed E-state index contributed by atoms with van der Waals surface area (Å²) in [5.74, 6) is 0.420. The molecule has 0 spiro atoms. The highest BCUT2D eigenvalue weighted by atomic mass is 32.2. The average Bonchev–Trinajstić information content (AvgIpc) is 2.22. The van der Waals surface area contributed by atoms with E-state index in [2.05, 4.69) is 14.9 Å². The first kappa shape index (κ1) is 11.2. The van der Waals surface area contributed by atoms with Gasteiger partial charge in [-0.05, 0) is 6.26 Å². The minimum absolute atomic E-state index is 0.247. The first-order valence-corrected chi connectivity index (χ1v) is 6.24. The Balaban J connectivity index is 1.93. The molecule has 0 radical (unpaired) electrons. The lowest BCUT2D eigenvalue weighted by Gasteiger charge is -2.39. The molecule has 1 aromatic heterocycles. The second-order valence-electron chi connectivity index (χ2n) is 3.79. The molecule has 0 amide bonds. The number of carbonyl (C=O) groups is 1. The number of hydrogen-bond acceptors (Lipinski definition) is 5. The first-order valence-electron chi connectivity index (χ1n) is 5.02. The largest absolute Gasteiger partial charge is 0.481 e. The zero-order valence-electron chi connectivity index (χ0n) is 8.96. The molecular weight excluding hydrogens is 226 g/mol. The molecular formula is C10H13N3O2S. The molecule has 0 atom stereocenters. The maximum Gasteiger partial charge on any atom is 0.303 e. The van der Waals surface area contributed by atoms with Crippen molar-refractivity contribution in [3.63, 3.8) is 0 Å². The van der Waals surface area contributed by atoms with Gasteiger partial charge in [-0.25, -0.2) is 9.97 Å². The lowest BCUT2D eigenvalue weighted by Crippen LogP contribution is -2.48. The standard InChI is InChI=1S/C10H13N3O2S/c1-16-9-3-8(11-6-12-9)13-4-7(5-13)2-10(14)15/h3,6-7H,2,4-5H2,1H3,(H,14,15). The summed E-state index contributed by atoms with van der Waals surface area (Å²) in [7, 11) is 0. The third-order valence-electron chi connectivity index (χ3n) is 2.58. The van der Waals surface area contributed by atoms with E-state index >= 15 is 0 Å². The van der Waals surface area contributed by atoms with Gasteiger partial charge in [-0.3, -0.25) is 4.79 Å². The van der Waals surface area contributed by atoms with Crippen LogP contribution in [0.5, 0.6) is 0 Å². The molecule has 1 N–H and O–H groups in total. The Morgan fingerprint density at radius 2 is 2.38 bits per heavy atom. The van der Waals surface area contributed by atoms with Crippen molar-refractivity contribution in [3.05, 3.63) is 12.4 Å². The van der Waals surface area contributed by atoms with E-state index < -0.39 is 5.97 Å². The summed E-state index contributed by atoms with van der Waals surface area (Å²) in [5.41, 5.74) is 0. The normalized spacial score (nSPS) is 15.9. The van der Waals surface area contributed by atoms with Crippen LogP contribution in [0.1, 0.15) is 6.42 Å². The molecule has 86 valence electrons. The molecule has 1 saturated heterocycles. The Morgan fingerprint density at radius 3 is 3.00 bits per heavy atom. The molecule has 0 saturated carbocycles. The first-order chi connectivity index (χ1) is 7.69. The molecule has 6 heteroatoms. The topological polar surface area (TPSA) is 66.3 Å². The summed E-state index contributed by atoms with van der Waals surface area (Å²) in [6.45, 7) is 1.55. The van der Waals surface area contributed by atoms with Crippen LogP contribution in [0.15, 0.2) is 17.4 Å². The number of aromatic nitrogens is 2. The van der Waals surface area contributed by atoms with E-state index in [-0.39, 0.29) is 12.3 Å². The van der Waals surface area contributed by atoms with Gasteiger partial charge in [0, 0.05) is 25.1 Å². The Morgan fingerprint density at radius 1 is 1.62 bits per heavy atom. The number of carboxylic acids is 1. The number of anilines is 1. The second-order valence-corrected chi connectivity index (χ2v) is 4.61. The fourth-order valence-corrected chi connectivity index (χ4v) is 2.12. The lowest BCUT2D eigenvalue weighted by molar-refractivity contribution is -0.138. The predicted molar refractivity (Wildman–Crippen MR) is 61.8 cm³/mol. The van der Waals surface area contributed by atoms with Gasteiger partial charge in [0.05, 0.1) is 6.42 Å². The minimum Gasteiger partial charge on any atom is -0.481 e. The molecule has 2 heterocycles. The van der Waals surface area contributed by atoms with Crippen molar-refractivity contribution in [1.29, 1.82) is 0 Å². The predicted octanol–water partition coefficient (Wildman–Crippen LogP) is 1.11. The lowest BCUT2D eigenvalue weighted by atomic mass is 9.96. The van der Waals surface area contributed by atoms with Gasteiger partial charge < -0.3 is 10.0 Å². The molecule has 0 bridgehead atoms. The highest BCUT2D eigenvalue weighted by Crippen LogP contribution is 2.26. The van der Waals surface area contributed by atoms with Gasteiger partial charge in [-0.1, -0.05) is 0 Å². The van der Waals surface area contributed by atoms with E-state index in [0.29, 0.717) is 0 Å². The van der Waals surface area contributed by atoms with Gasteiger partial charge >= 0.3 is 5.97 Å². The summed E-state index contributed by atoms with van der Waals surface area (Å²) in [5, 5.41) is 9.58. The van der Waals surface area contributed by atoms with Crippen molar-refractivity contribution < 1.29 is 9.90 Å². The van der Waals surface area contributed by atoms with Crippen LogP contribution in [0, 0.1) is 5.92 Å². The van der Waals surface area contributed by atoms with Crippen LogP contribution < -0.4 is 4.90 Å². The molecule has 16 heavy (non-hydrogen) atoms. The van der Waals surface area contributed by atoms with Crippen LogP contribution in [-0.4, -0.2) is 40.4 Å². The van der Waals surface area contributed by atoms with Crippen molar-refractivity contribution in [2.75, 3.05) is 24.2 Å². The highest BCUT2D eigenvalue weighted by Gasteiger charge is 2.29. The maximum absolute atomic E-state index is 10.5. The van der Waals surface area contributed by atoms with Crippen molar-refractivity contribution in [2.45, 2.75) is 11.4 Å². The summed E-state index contributed by atoms with van der Waals surface area (Å²) >= 11 is 1.57. The molecule has 2 rings (SSSR count). The van der Waals surface area contributed by atoms with Crippen molar-refractivity contribution >= 4 is 23.5 Å². The highest BCUT2D eigenvalue weighted by molar-refractivity contribution is 7.98. The fraction of sp³-hybridized carbons (Fsp3) is 0.500. The van der Waals surface area contributed by atoms with Crippen LogP contribution in [0.2, 0.25) is 0 Å². The maximum atomic E-state index is 10.5. The van der Waals surface area contributed by atoms with Gasteiger partial charge in [-0.2, -0.15) is 0 Å². The zero-order chi connectivity index (χ0) is 11.5. The van der Waals surface area contributed by atoms with Gasteiger partial charge in [0.2, 0.25) is 0 Å². The number of nitrogens with zero attached hydrogens (tertiary/aromatic N) is 3. The van der Waals surface area contributed by atoms with Crippen LogP contribution >= 0.6 is 11.8 Å². The minimum atomic E-state index is -0.725. The third kappa shape index (κ3) is 2.44. The second kappa shape index (κ2) is 4.69. The van der Waals surface area contributed by atoms with Gasteiger partial charge in [0.25, 0.3) is 0 Å². The van der Waals surface area contributed by atoms with E-state index in [0.717, 1.165) is 23.9 Å². The Hall–Kier alpha value is -1.30. The zero-order valence-corrected chi connectivity index (χ0v) is 9.78. The monoisotopic (exact) mass is 239 g/mol. The van der Waals surface area contributed by atoms with Crippen molar-refractivity contribution in [2.24, 2.45) is 5.92 Å². The summed E-state index contributed by atoms with van der Waals surface area (Å²) in [4.78, 5) is 20.9. The van der Waals surface area contributed by atoms with Crippen LogP contribution in [-0.2, 0) is 4.79 Å². The van der Waals surface area contributed by atoms with E-state index in [1.54, 1.807) is 18.1 Å². The Kier molecular flexibility index (Phi) is 3.28. The number of aliphatic carboxylic acids is 1. The SMILES string of the molecule is CSc1cc(N2CC(CC(=O)O)C2)ncn1. The van der Waals surface area contributed by atoms with E-state index in [9.17, 15) is 4.79 Å². The summed E-state index contributed by atoms with van der Waals surface area (Å²) in [6.07, 6.45) is 3.76. The van der Waals surface area contributed by atoms with Crippen LogP contribution in [0.3, 0.4) is 0 Å². The molecule has 5 nitrogen and oxygen atoms in total. The van der Waals surface area contributed by atoms with Gasteiger partial charge in [0.1, 0.15) is 17.2 Å².